The number of rotatable bonds is 2. The van der Waals surface area contributed by atoms with E-state index in [9.17, 15) is 8.78 Å². The van der Waals surface area contributed by atoms with Gasteiger partial charge in [-0.2, -0.15) is 0 Å². The summed E-state index contributed by atoms with van der Waals surface area (Å²) in [6, 6.07) is 4.79. The SMILES string of the molecule is Cc1cc(F)ccc1SC1C=CC(F)=CCC1. The van der Waals surface area contributed by atoms with E-state index in [1.54, 1.807) is 23.9 Å². The van der Waals surface area contributed by atoms with E-state index in [-0.39, 0.29) is 16.9 Å². The summed E-state index contributed by atoms with van der Waals surface area (Å²) in [6.45, 7) is 1.89. The lowest BCUT2D eigenvalue weighted by atomic mass is 10.2. The molecule has 0 fully saturated rings. The molecular weight excluding hydrogens is 238 g/mol. The number of hydrogen-bond donors (Lipinski definition) is 0. The Morgan fingerprint density at radius 3 is 2.88 bits per heavy atom. The van der Waals surface area contributed by atoms with Crippen LogP contribution in [0.1, 0.15) is 18.4 Å². The molecule has 1 unspecified atom stereocenters. The molecule has 90 valence electrons. The van der Waals surface area contributed by atoms with Gasteiger partial charge in [-0.05, 0) is 55.7 Å². The van der Waals surface area contributed by atoms with Crippen LogP contribution in [0.5, 0.6) is 0 Å². The van der Waals surface area contributed by atoms with Gasteiger partial charge >= 0.3 is 0 Å². The summed E-state index contributed by atoms with van der Waals surface area (Å²) in [6.07, 6.45) is 6.66. The molecule has 1 aliphatic carbocycles. The smallest absolute Gasteiger partial charge is 0.123 e. The van der Waals surface area contributed by atoms with Gasteiger partial charge in [0.2, 0.25) is 0 Å². The van der Waals surface area contributed by atoms with Crippen LogP contribution in [0.4, 0.5) is 8.78 Å². The van der Waals surface area contributed by atoms with Crippen LogP contribution >= 0.6 is 11.8 Å². The number of hydrogen-bond acceptors (Lipinski definition) is 1. The van der Waals surface area contributed by atoms with Gasteiger partial charge in [0.15, 0.2) is 0 Å². The second kappa shape index (κ2) is 5.50. The van der Waals surface area contributed by atoms with Crippen LogP contribution in [0, 0.1) is 12.7 Å². The first-order valence-electron chi connectivity index (χ1n) is 5.62. The second-order valence-corrected chi connectivity index (χ2v) is 5.37. The van der Waals surface area contributed by atoms with Crippen LogP contribution in [0.25, 0.3) is 0 Å². The standard InChI is InChI=1S/C14H14F2S/c1-10-9-12(16)6-8-14(10)17-13-4-2-3-11(15)5-7-13/h3,5-9,13H,2,4H2,1H3. The fourth-order valence-electron chi connectivity index (χ4n) is 1.76. The Hall–Kier alpha value is -1.09. The quantitative estimate of drug-likeness (QED) is 0.728. The van der Waals surface area contributed by atoms with Gasteiger partial charge in [-0.3, -0.25) is 0 Å². The highest BCUT2D eigenvalue weighted by Gasteiger charge is 2.11. The molecule has 0 spiro atoms. The van der Waals surface area contributed by atoms with Crippen molar-refractivity contribution in [2.45, 2.75) is 29.9 Å². The van der Waals surface area contributed by atoms with E-state index in [0.29, 0.717) is 0 Å². The summed E-state index contributed by atoms with van der Waals surface area (Å²) in [4.78, 5) is 1.06. The largest absolute Gasteiger partial charge is 0.207 e. The average Bonchev–Trinajstić information content (AvgIpc) is 2.48. The zero-order chi connectivity index (χ0) is 12.3. The lowest BCUT2D eigenvalue weighted by Crippen LogP contribution is -1.97. The minimum atomic E-state index is -0.212. The molecular formula is C14H14F2S. The highest BCUT2D eigenvalue weighted by molar-refractivity contribution is 8.00. The Balaban J connectivity index is 2.08. The number of thioether (sulfide) groups is 1. The van der Waals surface area contributed by atoms with Crippen molar-refractivity contribution < 1.29 is 8.78 Å². The van der Waals surface area contributed by atoms with Crippen LogP contribution in [-0.2, 0) is 0 Å². The average molecular weight is 252 g/mol. The van der Waals surface area contributed by atoms with Crippen molar-refractivity contribution in [3.8, 4) is 0 Å². The second-order valence-electron chi connectivity index (χ2n) is 4.09. The molecule has 0 heterocycles. The summed E-state index contributed by atoms with van der Waals surface area (Å²) < 4.78 is 26.0. The molecule has 0 bridgehead atoms. The third-order valence-electron chi connectivity index (χ3n) is 2.68. The molecule has 0 amide bonds. The Kier molecular flexibility index (Phi) is 4.00. The Morgan fingerprint density at radius 1 is 1.29 bits per heavy atom. The fraction of sp³-hybridized carbons (Fsp3) is 0.286. The minimum Gasteiger partial charge on any atom is -0.207 e. The molecule has 1 aliphatic rings. The van der Waals surface area contributed by atoms with Crippen molar-refractivity contribution >= 4 is 11.8 Å². The lowest BCUT2D eigenvalue weighted by molar-refractivity contribution is 0.625. The van der Waals surface area contributed by atoms with E-state index in [0.717, 1.165) is 23.3 Å². The maximum absolute atomic E-state index is 13.0. The van der Waals surface area contributed by atoms with E-state index in [4.69, 9.17) is 0 Å². The Labute approximate surface area is 104 Å². The number of allylic oxidation sites excluding steroid dienone is 3. The van der Waals surface area contributed by atoms with Crippen LogP contribution < -0.4 is 0 Å². The maximum atomic E-state index is 13.0. The van der Waals surface area contributed by atoms with E-state index in [1.807, 2.05) is 13.0 Å². The zero-order valence-electron chi connectivity index (χ0n) is 9.62. The van der Waals surface area contributed by atoms with Crippen LogP contribution in [0.2, 0.25) is 0 Å². The summed E-state index contributed by atoms with van der Waals surface area (Å²) in [5.41, 5.74) is 0.932. The molecule has 0 radical (unpaired) electrons. The van der Waals surface area contributed by atoms with Crippen LogP contribution in [-0.4, -0.2) is 5.25 Å². The first-order chi connectivity index (χ1) is 8.15. The predicted octanol–water partition coefficient (Wildman–Crippen LogP) is 4.80. The van der Waals surface area contributed by atoms with Crippen molar-refractivity contribution in [1.82, 2.24) is 0 Å². The molecule has 0 N–H and O–H groups in total. The van der Waals surface area contributed by atoms with Gasteiger partial charge in [0.05, 0.1) is 0 Å². The molecule has 0 aliphatic heterocycles. The molecule has 1 aromatic carbocycles. The molecule has 3 heteroatoms. The van der Waals surface area contributed by atoms with Gasteiger partial charge in [0.25, 0.3) is 0 Å². The van der Waals surface area contributed by atoms with Gasteiger partial charge in [0.1, 0.15) is 11.6 Å². The summed E-state index contributed by atoms with van der Waals surface area (Å²) in [5.74, 6) is -0.375. The topological polar surface area (TPSA) is 0 Å². The van der Waals surface area contributed by atoms with Crippen LogP contribution in [0.3, 0.4) is 0 Å². The van der Waals surface area contributed by atoms with Crippen molar-refractivity contribution in [3.05, 3.63) is 53.6 Å². The molecule has 17 heavy (non-hydrogen) atoms. The van der Waals surface area contributed by atoms with Crippen molar-refractivity contribution in [3.63, 3.8) is 0 Å². The summed E-state index contributed by atoms with van der Waals surface area (Å²) >= 11 is 1.66. The molecule has 1 aromatic rings. The molecule has 1 atom stereocenters. The lowest BCUT2D eigenvalue weighted by Gasteiger charge is -2.12. The highest BCUT2D eigenvalue weighted by atomic mass is 32.2. The summed E-state index contributed by atoms with van der Waals surface area (Å²) in [7, 11) is 0. The number of benzene rings is 1. The summed E-state index contributed by atoms with van der Waals surface area (Å²) in [5, 5.41) is 0.253. The van der Waals surface area contributed by atoms with Crippen molar-refractivity contribution in [2.75, 3.05) is 0 Å². The monoisotopic (exact) mass is 252 g/mol. The fourth-order valence-corrected chi connectivity index (χ4v) is 2.88. The van der Waals surface area contributed by atoms with Crippen LogP contribution in [0.15, 0.2) is 47.1 Å². The third kappa shape index (κ3) is 3.43. The molecule has 0 saturated carbocycles. The third-order valence-corrected chi connectivity index (χ3v) is 4.08. The van der Waals surface area contributed by atoms with Crippen molar-refractivity contribution in [2.24, 2.45) is 0 Å². The predicted molar refractivity (Wildman–Crippen MR) is 68.3 cm³/mol. The van der Waals surface area contributed by atoms with Gasteiger partial charge < -0.3 is 0 Å². The zero-order valence-corrected chi connectivity index (χ0v) is 10.4. The van der Waals surface area contributed by atoms with E-state index < -0.39 is 0 Å². The minimum absolute atomic E-state index is 0.163. The molecule has 0 aromatic heterocycles. The Morgan fingerprint density at radius 2 is 2.12 bits per heavy atom. The van der Waals surface area contributed by atoms with Gasteiger partial charge in [0, 0.05) is 10.1 Å². The number of aryl methyl sites for hydroxylation is 1. The van der Waals surface area contributed by atoms with Gasteiger partial charge in [-0.1, -0.05) is 6.08 Å². The molecule has 0 saturated heterocycles. The first-order valence-corrected chi connectivity index (χ1v) is 6.50. The normalized spacial score (nSPS) is 19.9. The van der Waals surface area contributed by atoms with Gasteiger partial charge in [-0.25, -0.2) is 8.78 Å². The maximum Gasteiger partial charge on any atom is 0.123 e. The first kappa shape index (κ1) is 12.4. The van der Waals surface area contributed by atoms with E-state index >= 15 is 0 Å². The van der Waals surface area contributed by atoms with Gasteiger partial charge in [-0.15, -0.1) is 11.8 Å². The Bertz CT molecular complexity index is 463. The molecule has 0 nitrogen and oxygen atoms in total. The van der Waals surface area contributed by atoms with E-state index in [2.05, 4.69) is 0 Å². The number of halogens is 2. The highest BCUT2D eigenvalue weighted by Crippen LogP contribution is 2.31. The molecule has 2 rings (SSSR count). The van der Waals surface area contributed by atoms with Crippen molar-refractivity contribution in [1.29, 1.82) is 0 Å². The van der Waals surface area contributed by atoms with E-state index in [1.165, 1.54) is 18.2 Å².